The van der Waals surface area contributed by atoms with Crippen molar-refractivity contribution in [1.29, 1.82) is 0 Å². The van der Waals surface area contributed by atoms with Gasteiger partial charge >= 0.3 is 0 Å². The van der Waals surface area contributed by atoms with Crippen molar-refractivity contribution >= 4 is 0 Å². The monoisotopic (exact) mass is 285 g/mol. The van der Waals surface area contributed by atoms with Crippen LogP contribution in [0.15, 0.2) is 54.6 Å². The molecule has 0 saturated carbocycles. The van der Waals surface area contributed by atoms with Gasteiger partial charge in [-0.2, -0.15) is 0 Å². The molecule has 0 aromatic heterocycles. The van der Waals surface area contributed by atoms with Crippen molar-refractivity contribution in [2.24, 2.45) is 5.73 Å². The fourth-order valence-corrected chi connectivity index (χ4v) is 1.97. The van der Waals surface area contributed by atoms with Gasteiger partial charge in [-0.3, -0.25) is 0 Å². The summed E-state index contributed by atoms with van der Waals surface area (Å²) in [4.78, 5) is 0. The van der Waals surface area contributed by atoms with E-state index in [0.29, 0.717) is 13.2 Å². The zero-order valence-electron chi connectivity index (χ0n) is 12.3. The Morgan fingerprint density at radius 2 is 1.57 bits per heavy atom. The Kier molecular flexibility index (Phi) is 6.78. The number of hydrogen-bond donors (Lipinski definition) is 1. The van der Waals surface area contributed by atoms with Crippen LogP contribution in [0.1, 0.15) is 17.5 Å². The number of rotatable bonds is 9. The summed E-state index contributed by atoms with van der Waals surface area (Å²) in [5.41, 5.74) is 7.85. The molecular formula is C18H23NO2. The van der Waals surface area contributed by atoms with Gasteiger partial charge in [-0.15, -0.1) is 0 Å². The maximum Gasteiger partial charge on any atom is 0.119 e. The standard InChI is InChI=1S/C18H23NO2/c19-12-4-13-20-14-11-16-7-9-18(10-8-16)21-15-17-5-2-1-3-6-17/h1-3,5-10H,4,11-15,19H2. The minimum Gasteiger partial charge on any atom is -0.489 e. The Hall–Kier alpha value is -1.84. The molecule has 2 rings (SSSR count). The SMILES string of the molecule is NCCCOCCc1ccc(OCc2ccccc2)cc1. The third kappa shape index (κ3) is 5.98. The lowest BCUT2D eigenvalue weighted by atomic mass is 10.1. The molecule has 3 heteroatoms. The van der Waals surface area contributed by atoms with E-state index in [1.165, 1.54) is 11.1 Å². The molecule has 0 aliphatic rings. The van der Waals surface area contributed by atoms with Gasteiger partial charge in [-0.25, -0.2) is 0 Å². The van der Waals surface area contributed by atoms with Crippen molar-refractivity contribution in [2.45, 2.75) is 19.4 Å². The molecular weight excluding hydrogens is 262 g/mol. The second-order valence-corrected chi connectivity index (χ2v) is 4.92. The van der Waals surface area contributed by atoms with Crippen molar-refractivity contribution in [1.82, 2.24) is 0 Å². The molecule has 3 nitrogen and oxygen atoms in total. The molecule has 2 aromatic carbocycles. The first-order valence-electron chi connectivity index (χ1n) is 7.42. The van der Waals surface area contributed by atoms with E-state index in [4.69, 9.17) is 15.2 Å². The topological polar surface area (TPSA) is 44.5 Å². The zero-order valence-corrected chi connectivity index (χ0v) is 12.3. The molecule has 0 atom stereocenters. The largest absolute Gasteiger partial charge is 0.489 e. The summed E-state index contributed by atoms with van der Waals surface area (Å²) in [5, 5.41) is 0. The Bertz CT molecular complexity index is 496. The lowest BCUT2D eigenvalue weighted by molar-refractivity contribution is 0.136. The minimum atomic E-state index is 0.600. The molecule has 0 aliphatic heterocycles. The fraction of sp³-hybridized carbons (Fsp3) is 0.333. The molecule has 0 fully saturated rings. The van der Waals surface area contributed by atoms with Crippen LogP contribution in [0.3, 0.4) is 0 Å². The molecule has 21 heavy (non-hydrogen) atoms. The van der Waals surface area contributed by atoms with Crippen LogP contribution in [0, 0.1) is 0 Å². The summed E-state index contributed by atoms with van der Waals surface area (Å²) in [7, 11) is 0. The van der Waals surface area contributed by atoms with Gasteiger partial charge in [0.15, 0.2) is 0 Å². The van der Waals surface area contributed by atoms with E-state index < -0.39 is 0 Å². The molecule has 0 amide bonds. The Morgan fingerprint density at radius 1 is 0.810 bits per heavy atom. The molecule has 0 bridgehead atoms. The lowest BCUT2D eigenvalue weighted by Crippen LogP contribution is -2.06. The molecule has 0 aliphatic carbocycles. The van der Waals surface area contributed by atoms with Crippen LogP contribution in [0.4, 0.5) is 0 Å². The summed E-state index contributed by atoms with van der Waals surface area (Å²) >= 11 is 0. The normalized spacial score (nSPS) is 10.5. The lowest BCUT2D eigenvalue weighted by Gasteiger charge is -2.08. The summed E-state index contributed by atoms with van der Waals surface area (Å²) < 4.78 is 11.3. The zero-order chi connectivity index (χ0) is 14.8. The maximum absolute atomic E-state index is 5.76. The number of hydrogen-bond acceptors (Lipinski definition) is 3. The third-order valence-corrected chi connectivity index (χ3v) is 3.20. The van der Waals surface area contributed by atoms with Crippen molar-refractivity contribution in [2.75, 3.05) is 19.8 Å². The van der Waals surface area contributed by atoms with Gasteiger partial charge in [0.1, 0.15) is 12.4 Å². The van der Waals surface area contributed by atoms with Crippen LogP contribution >= 0.6 is 0 Å². The quantitative estimate of drug-likeness (QED) is 0.720. The molecule has 2 N–H and O–H groups in total. The highest BCUT2D eigenvalue weighted by Crippen LogP contribution is 2.14. The molecule has 0 heterocycles. The van der Waals surface area contributed by atoms with Crippen LogP contribution < -0.4 is 10.5 Å². The van der Waals surface area contributed by atoms with E-state index in [-0.39, 0.29) is 0 Å². The highest BCUT2D eigenvalue weighted by Gasteiger charge is 1.97. The molecule has 0 unspecified atom stereocenters. The Labute approximate surface area is 126 Å². The number of benzene rings is 2. The smallest absolute Gasteiger partial charge is 0.119 e. The number of nitrogens with two attached hydrogens (primary N) is 1. The maximum atomic E-state index is 5.76. The van der Waals surface area contributed by atoms with Crippen LogP contribution in [-0.4, -0.2) is 19.8 Å². The van der Waals surface area contributed by atoms with Crippen LogP contribution in [0.5, 0.6) is 5.75 Å². The first kappa shape index (κ1) is 15.5. The number of ether oxygens (including phenoxy) is 2. The molecule has 0 radical (unpaired) electrons. The molecule has 0 saturated heterocycles. The Balaban J connectivity index is 1.71. The predicted molar refractivity (Wildman–Crippen MR) is 85.4 cm³/mol. The van der Waals surface area contributed by atoms with Crippen LogP contribution in [-0.2, 0) is 17.8 Å². The molecule has 112 valence electrons. The highest BCUT2D eigenvalue weighted by molar-refractivity contribution is 5.27. The average molecular weight is 285 g/mol. The van der Waals surface area contributed by atoms with Gasteiger partial charge in [0.05, 0.1) is 6.61 Å². The van der Waals surface area contributed by atoms with Gasteiger partial charge in [0, 0.05) is 6.61 Å². The van der Waals surface area contributed by atoms with Crippen molar-refractivity contribution < 1.29 is 9.47 Å². The Morgan fingerprint density at radius 3 is 2.29 bits per heavy atom. The van der Waals surface area contributed by atoms with Crippen molar-refractivity contribution in [3.8, 4) is 5.75 Å². The second-order valence-electron chi connectivity index (χ2n) is 4.92. The highest BCUT2D eigenvalue weighted by atomic mass is 16.5. The van der Waals surface area contributed by atoms with E-state index >= 15 is 0 Å². The second kappa shape index (κ2) is 9.16. The van der Waals surface area contributed by atoms with Gasteiger partial charge in [-0.05, 0) is 42.6 Å². The van der Waals surface area contributed by atoms with Crippen LogP contribution in [0.25, 0.3) is 0 Å². The minimum absolute atomic E-state index is 0.600. The van der Waals surface area contributed by atoms with Crippen molar-refractivity contribution in [3.05, 3.63) is 65.7 Å². The summed E-state index contributed by atoms with van der Waals surface area (Å²) in [6.45, 7) is 2.77. The van der Waals surface area contributed by atoms with Crippen LogP contribution in [0.2, 0.25) is 0 Å². The summed E-state index contributed by atoms with van der Waals surface area (Å²) in [6, 6.07) is 18.4. The van der Waals surface area contributed by atoms with Gasteiger partial charge in [0.25, 0.3) is 0 Å². The first-order chi connectivity index (χ1) is 10.4. The first-order valence-corrected chi connectivity index (χ1v) is 7.42. The van der Waals surface area contributed by atoms with E-state index in [1.54, 1.807) is 0 Å². The fourth-order valence-electron chi connectivity index (χ4n) is 1.97. The average Bonchev–Trinajstić information content (AvgIpc) is 2.55. The van der Waals surface area contributed by atoms with E-state index in [2.05, 4.69) is 24.3 Å². The van der Waals surface area contributed by atoms with Crippen molar-refractivity contribution in [3.63, 3.8) is 0 Å². The summed E-state index contributed by atoms with van der Waals surface area (Å²) in [6.07, 6.45) is 1.84. The van der Waals surface area contributed by atoms with E-state index in [9.17, 15) is 0 Å². The third-order valence-electron chi connectivity index (χ3n) is 3.20. The van der Waals surface area contributed by atoms with Gasteiger partial charge in [0.2, 0.25) is 0 Å². The van der Waals surface area contributed by atoms with E-state index in [1.807, 2.05) is 30.3 Å². The van der Waals surface area contributed by atoms with Gasteiger partial charge < -0.3 is 15.2 Å². The molecule has 2 aromatic rings. The predicted octanol–water partition coefficient (Wildman–Crippen LogP) is 3.17. The van der Waals surface area contributed by atoms with E-state index in [0.717, 1.165) is 31.8 Å². The molecule has 0 spiro atoms. The van der Waals surface area contributed by atoms with Gasteiger partial charge in [-0.1, -0.05) is 42.5 Å². The summed E-state index contributed by atoms with van der Waals surface area (Å²) in [5.74, 6) is 0.895.